The van der Waals surface area contributed by atoms with E-state index in [9.17, 15) is 25.5 Å². The van der Waals surface area contributed by atoms with Crippen molar-refractivity contribution in [1.29, 1.82) is 0 Å². The normalized spacial score (nSPS) is 12.6. The van der Waals surface area contributed by atoms with Crippen molar-refractivity contribution in [2.24, 2.45) is 0 Å². The van der Waals surface area contributed by atoms with Gasteiger partial charge in [-0.05, 0) is 30.7 Å². The van der Waals surface area contributed by atoms with E-state index in [-0.39, 0.29) is 5.56 Å². The molecule has 0 heterocycles. The zero-order chi connectivity index (χ0) is 12.6. The van der Waals surface area contributed by atoms with E-state index in [1.54, 1.807) is 0 Å². The van der Waals surface area contributed by atoms with E-state index in [1.807, 2.05) is 0 Å². The molecule has 1 aromatic rings. The van der Waals surface area contributed by atoms with Crippen LogP contribution in [-0.2, 0) is 10.2 Å². The summed E-state index contributed by atoms with van der Waals surface area (Å²) in [6.45, 7) is 1.16. The molecule has 0 radical (unpaired) electrons. The number of rotatable bonds is 2. The fraction of sp³-hybridized carbons (Fsp3) is 0.250. The average molecular weight is 258 g/mol. The Morgan fingerprint density at radius 3 is 2.19 bits per heavy atom. The molecular formula is C8H6F4O3S. The molecule has 0 fully saturated rings. The molecule has 0 atom stereocenters. The van der Waals surface area contributed by atoms with Gasteiger partial charge in [0.2, 0.25) is 0 Å². The van der Waals surface area contributed by atoms with Crippen LogP contribution in [0, 0.1) is 6.92 Å². The summed E-state index contributed by atoms with van der Waals surface area (Å²) in [7, 11) is -4.93. The Morgan fingerprint density at radius 1 is 1.25 bits per heavy atom. The fourth-order valence-electron chi connectivity index (χ4n) is 1.09. The van der Waals surface area contributed by atoms with Gasteiger partial charge in [-0.2, -0.15) is 8.42 Å². The Hall–Kier alpha value is -1.31. The van der Waals surface area contributed by atoms with Gasteiger partial charge in [0.05, 0.1) is 0 Å². The molecule has 8 heteroatoms. The highest BCUT2D eigenvalue weighted by Crippen LogP contribution is 2.27. The van der Waals surface area contributed by atoms with Crippen LogP contribution >= 0.6 is 0 Å². The first-order chi connectivity index (χ1) is 7.09. The molecule has 0 saturated carbocycles. The molecule has 1 rings (SSSR count). The first-order valence-electron chi connectivity index (χ1n) is 3.90. The van der Waals surface area contributed by atoms with Crippen LogP contribution in [0.15, 0.2) is 23.1 Å². The minimum Gasteiger partial charge on any atom is -0.406 e. The Morgan fingerprint density at radius 2 is 1.81 bits per heavy atom. The minimum atomic E-state index is -4.93. The van der Waals surface area contributed by atoms with Crippen LogP contribution in [0.1, 0.15) is 5.56 Å². The molecule has 3 nitrogen and oxygen atoms in total. The summed E-state index contributed by atoms with van der Waals surface area (Å²) in [5, 5.41) is 0. The summed E-state index contributed by atoms with van der Waals surface area (Å²) in [4.78, 5) is -0.679. The maximum Gasteiger partial charge on any atom is 0.573 e. The van der Waals surface area contributed by atoms with Crippen molar-refractivity contribution in [2.75, 3.05) is 0 Å². The molecule has 0 amide bonds. The van der Waals surface area contributed by atoms with Gasteiger partial charge < -0.3 is 4.74 Å². The Labute approximate surface area is 88.9 Å². The van der Waals surface area contributed by atoms with Gasteiger partial charge in [0.15, 0.2) is 0 Å². The van der Waals surface area contributed by atoms with Crippen LogP contribution in [0.2, 0.25) is 0 Å². The Balaban J connectivity index is 3.10. The minimum absolute atomic E-state index is 0.163. The maximum absolute atomic E-state index is 12.6. The topological polar surface area (TPSA) is 43.4 Å². The van der Waals surface area contributed by atoms with Gasteiger partial charge in [-0.15, -0.1) is 17.1 Å². The number of aryl methyl sites for hydroxylation is 1. The fourth-order valence-corrected chi connectivity index (χ4v) is 1.77. The summed E-state index contributed by atoms with van der Waals surface area (Å²) >= 11 is 0. The standard InChI is InChI=1S/C8H6F4O3S/c1-5-4-6(15-8(9,10)11)2-3-7(5)16(12,13)14/h2-4H,1H3. The van der Waals surface area contributed by atoms with Crippen molar-refractivity contribution < 1.29 is 30.2 Å². The van der Waals surface area contributed by atoms with Crippen molar-refractivity contribution in [3.05, 3.63) is 23.8 Å². The van der Waals surface area contributed by atoms with Gasteiger partial charge in [-0.1, -0.05) is 0 Å². The monoisotopic (exact) mass is 258 g/mol. The summed E-state index contributed by atoms with van der Waals surface area (Å²) in [5.74, 6) is -0.600. The third-order valence-electron chi connectivity index (χ3n) is 1.64. The van der Waals surface area contributed by atoms with Crippen LogP contribution < -0.4 is 4.74 Å². The number of alkyl halides is 3. The zero-order valence-corrected chi connectivity index (χ0v) is 8.69. The zero-order valence-electron chi connectivity index (χ0n) is 7.88. The summed E-state index contributed by atoms with van der Waals surface area (Å²) in [6, 6.07) is 2.23. The van der Waals surface area contributed by atoms with E-state index < -0.39 is 27.2 Å². The SMILES string of the molecule is Cc1cc(OC(F)(F)F)ccc1S(=O)(=O)F. The smallest absolute Gasteiger partial charge is 0.406 e. The van der Waals surface area contributed by atoms with Gasteiger partial charge in [-0.25, -0.2) is 0 Å². The molecule has 16 heavy (non-hydrogen) atoms. The van der Waals surface area contributed by atoms with E-state index >= 15 is 0 Å². The van der Waals surface area contributed by atoms with Crippen LogP contribution in [0.3, 0.4) is 0 Å². The van der Waals surface area contributed by atoms with Gasteiger partial charge >= 0.3 is 16.6 Å². The molecule has 0 aromatic heterocycles. The predicted octanol–water partition coefficient (Wildman–Crippen LogP) is 2.55. The second-order valence-corrected chi connectivity index (χ2v) is 4.23. The number of ether oxygens (including phenoxy) is 1. The lowest BCUT2D eigenvalue weighted by atomic mass is 10.2. The van der Waals surface area contributed by atoms with Crippen molar-refractivity contribution in [3.63, 3.8) is 0 Å². The average Bonchev–Trinajstić information content (AvgIpc) is 1.97. The van der Waals surface area contributed by atoms with E-state index in [1.165, 1.54) is 0 Å². The first kappa shape index (κ1) is 12.8. The van der Waals surface area contributed by atoms with Gasteiger partial charge in [0.25, 0.3) is 0 Å². The molecule has 0 saturated heterocycles. The maximum atomic E-state index is 12.6. The number of hydrogen-bond acceptors (Lipinski definition) is 3. The largest absolute Gasteiger partial charge is 0.573 e. The summed E-state index contributed by atoms with van der Waals surface area (Å²) in [5.41, 5.74) is -0.163. The molecule has 1 aromatic carbocycles. The molecule has 0 aliphatic heterocycles. The van der Waals surface area contributed by atoms with Gasteiger partial charge in [0, 0.05) is 0 Å². The van der Waals surface area contributed by atoms with Crippen molar-refractivity contribution in [1.82, 2.24) is 0 Å². The molecular weight excluding hydrogens is 252 g/mol. The second-order valence-electron chi connectivity index (χ2n) is 2.91. The van der Waals surface area contributed by atoms with E-state index in [0.717, 1.165) is 19.1 Å². The van der Waals surface area contributed by atoms with E-state index in [4.69, 9.17) is 0 Å². The Kier molecular flexibility index (Phi) is 3.13. The van der Waals surface area contributed by atoms with Crippen LogP contribution in [0.4, 0.5) is 17.1 Å². The first-order valence-corrected chi connectivity index (χ1v) is 5.29. The molecule has 0 aliphatic rings. The van der Waals surface area contributed by atoms with Crippen molar-refractivity contribution >= 4 is 10.2 Å². The third-order valence-corrected chi connectivity index (χ3v) is 2.63. The summed E-state index contributed by atoms with van der Waals surface area (Å²) in [6.07, 6.45) is -4.87. The van der Waals surface area contributed by atoms with E-state index in [2.05, 4.69) is 4.74 Å². The van der Waals surface area contributed by atoms with Gasteiger partial charge in [0.1, 0.15) is 10.6 Å². The highest BCUT2D eigenvalue weighted by atomic mass is 32.3. The second kappa shape index (κ2) is 3.93. The summed E-state index contributed by atoms with van der Waals surface area (Å²) < 4.78 is 72.5. The highest BCUT2D eigenvalue weighted by Gasteiger charge is 2.31. The number of hydrogen-bond donors (Lipinski definition) is 0. The molecule has 0 aliphatic carbocycles. The van der Waals surface area contributed by atoms with Crippen LogP contribution in [0.5, 0.6) is 5.75 Å². The molecule has 0 N–H and O–H groups in total. The molecule has 0 bridgehead atoms. The lowest BCUT2D eigenvalue weighted by molar-refractivity contribution is -0.274. The molecule has 0 unspecified atom stereocenters. The van der Waals surface area contributed by atoms with E-state index in [0.29, 0.717) is 6.07 Å². The number of halogens is 4. The molecule has 0 spiro atoms. The highest BCUT2D eigenvalue weighted by molar-refractivity contribution is 7.86. The lowest BCUT2D eigenvalue weighted by Gasteiger charge is -2.10. The van der Waals surface area contributed by atoms with Crippen molar-refractivity contribution in [2.45, 2.75) is 18.2 Å². The van der Waals surface area contributed by atoms with Crippen molar-refractivity contribution in [3.8, 4) is 5.75 Å². The third kappa shape index (κ3) is 3.37. The molecule has 90 valence electrons. The van der Waals surface area contributed by atoms with Crippen LogP contribution in [0.25, 0.3) is 0 Å². The Bertz CT molecular complexity index is 492. The lowest BCUT2D eigenvalue weighted by Crippen LogP contribution is -2.17. The van der Waals surface area contributed by atoms with Crippen LogP contribution in [-0.4, -0.2) is 14.8 Å². The number of benzene rings is 1. The van der Waals surface area contributed by atoms with Gasteiger partial charge in [-0.3, -0.25) is 0 Å². The predicted molar refractivity (Wildman–Crippen MR) is 46.2 cm³/mol. The quantitative estimate of drug-likeness (QED) is 0.604.